The average Bonchev–Trinajstić information content (AvgIpc) is 3.10. The van der Waals surface area contributed by atoms with Crippen LogP contribution in [-0.4, -0.2) is 17.2 Å². The van der Waals surface area contributed by atoms with Gasteiger partial charge in [0.15, 0.2) is 0 Å². The van der Waals surface area contributed by atoms with Gasteiger partial charge in [0, 0.05) is 29.4 Å². The largest absolute Gasteiger partial charge is 0.361 e. The molecular formula is C25H22F2N2. The van der Waals surface area contributed by atoms with E-state index in [1.807, 2.05) is 37.4 Å². The third kappa shape index (κ3) is 4.60. The molecule has 0 amide bonds. The standard InChI is InChI=1S/C25H22F2N2/c1-17(28-11-10-21-16-29-25-9-8-23(27)15-24(21)25)20-6-2-4-18(13-20)12-19-5-3-7-22(26)14-19/h2-9,13-16,29H,10-12H2,1H3. The molecule has 0 unspecified atom stereocenters. The van der Waals surface area contributed by atoms with Gasteiger partial charge in [-0.15, -0.1) is 0 Å². The maximum absolute atomic E-state index is 13.5. The quantitative estimate of drug-likeness (QED) is 0.387. The summed E-state index contributed by atoms with van der Waals surface area (Å²) in [6, 6.07) is 19.7. The highest BCUT2D eigenvalue weighted by Crippen LogP contribution is 2.20. The zero-order valence-corrected chi connectivity index (χ0v) is 16.3. The minimum Gasteiger partial charge on any atom is -0.361 e. The van der Waals surface area contributed by atoms with E-state index in [9.17, 15) is 8.78 Å². The van der Waals surface area contributed by atoms with Crippen molar-refractivity contribution in [3.05, 3.63) is 107 Å². The molecule has 4 rings (SSSR count). The Hall–Kier alpha value is -3.27. The molecule has 0 aliphatic heterocycles. The van der Waals surface area contributed by atoms with Crippen molar-refractivity contribution in [2.45, 2.75) is 19.8 Å². The SMILES string of the molecule is CC(=NCCc1c[nH]c2ccc(F)cc12)c1cccc(Cc2cccc(F)c2)c1. The maximum Gasteiger partial charge on any atom is 0.123 e. The first-order valence-corrected chi connectivity index (χ1v) is 9.69. The number of fused-ring (bicyclic) bond motifs is 1. The van der Waals surface area contributed by atoms with Crippen LogP contribution in [0.25, 0.3) is 10.9 Å². The van der Waals surface area contributed by atoms with Gasteiger partial charge in [0.05, 0.1) is 0 Å². The molecule has 0 radical (unpaired) electrons. The van der Waals surface area contributed by atoms with Crippen molar-refractivity contribution in [3.63, 3.8) is 0 Å². The van der Waals surface area contributed by atoms with Crippen LogP contribution in [-0.2, 0) is 12.8 Å². The van der Waals surface area contributed by atoms with E-state index >= 15 is 0 Å². The Morgan fingerprint density at radius 2 is 1.66 bits per heavy atom. The van der Waals surface area contributed by atoms with Gasteiger partial charge in [-0.1, -0.05) is 30.3 Å². The van der Waals surface area contributed by atoms with E-state index in [1.54, 1.807) is 24.3 Å². The molecular weight excluding hydrogens is 366 g/mol. The van der Waals surface area contributed by atoms with Crippen LogP contribution in [0.4, 0.5) is 8.78 Å². The minimum absolute atomic E-state index is 0.214. The molecule has 4 heteroatoms. The number of nitrogens with zero attached hydrogens (tertiary/aromatic N) is 1. The van der Waals surface area contributed by atoms with E-state index in [1.165, 1.54) is 12.1 Å². The van der Waals surface area contributed by atoms with E-state index in [0.717, 1.165) is 45.3 Å². The van der Waals surface area contributed by atoms with E-state index in [2.05, 4.69) is 11.1 Å². The number of benzene rings is 3. The van der Waals surface area contributed by atoms with Gasteiger partial charge < -0.3 is 4.98 Å². The summed E-state index contributed by atoms with van der Waals surface area (Å²) in [6.45, 7) is 2.62. The van der Waals surface area contributed by atoms with Gasteiger partial charge in [0.2, 0.25) is 0 Å². The molecule has 0 aliphatic carbocycles. The number of aliphatic imine (C=N–C) groups is 1. The average molecular weight is 388 g/mol. The molecule has 146 valence electrons. The van der Waals surface area contributed by atoms with Gasteiger partial charge in [0.25, 0.3) is 0 Å². The Labute approximate surface area is 168 Å². The Balaban J connectivity index is 1.45. The summed E-state index contributed by atoms with van der Waals surface area (Å²) in [6.07, 6.45) is 3.35. The summed E-state index contributed by atoms with van der Waals surface area (Å²) >= 11 is 0. The van der Waals surface area contributed by atoms with Crippen molar-refractivity contribution in [1.82, 2.24) is 4.98 Å². The fourth-order valence-corrected chi connectivity index (χ4v) is 3.58. The van der Waals surface area contributed by atoms with Crippen molar-refractivity contribution < 1.29 is 8.78 Å². The molecule has 0 atom stereocenters. The van der Waals surface area contributed by atoms with Crippen molar-refractivity contribution in [1.29, 1.82) is 0 Å². The van der Waals surface area contributed by atoms with Crippen LogP contribution in [0.3, 0.4) is 0 Å². The number of aromatic nitrogens is 1. The van der Waals surface area contributed by atoms with Crippen molar-refractivity contribution in [3.8, 4) is 0 Å². The van der Waals surface area contributed by atoms with E-state index in [0.29, 0.717) is 13.0 Å². The summed E-state index contributed by atoms with van der Waals surface area (Å²) in [5.74, 6) is -0.443. The molecule has 0 spiro atoms. The second-order valence-corrected chi connectivity index (χ2v) is 7.23. The molecule has 3 aromatic carbocycles. The summed E-state index contributed by atoms with van der Waals surface area (Å²) in [5.41, 5.74) is 6.09. The fourth-order valence-electron chi connectivity index (χ4n) is 3.58. The number of hydrogen-bond donors (Lipinski definition) is 1. The van der Waals surface area contributed by atoms with Gasteiger partial charge in [-0.05, 0) is 78.4 Å². The highest BCUT2D eigenvalue weighted by Gasteiger charge is 2.06. The lowest BCUT2D eigenvalue weighted by Crippen LogP contribution is -2.00. The molecule has 1 heterocycles. The fraction of sp³-hybridized carbons (Fsp3) is 0.160. The highest BCUT2D eigenvalue weighted by atomic mass is 19.1. The van der Waals surface area contributed by atoms with Crippen molar-refractivity contribution in [2.24, 2.45) is 4.99 Å². The predicted octanol–water partition coefficient (Wildman–Crippen LogP) is 6.09. The zero-order chi connectivity index (χ0) is 20.2. The van der Waals surface area contributed by atoms with Crippen LogP contribution in [0.1, 0.15) is 29.2 Å². The molecule has 29 heavy (non-hydrogen) atoms. The summed E-state index contributed by atoms with van der Waals surface area (Å²) in [5, 5.41) is 0.912. The first-order chi connectivity index (χ1) is 14.1. The first-order valence-electron chi connectivity index (χ1n) is 9.69. The predicted molar refractivity (Wildman–Crippen MR) is 115 cm³/mol. The number of aromatic amines is 1. The maximum atomic E-state index is 13.5. The second kappa shape index (κ2) is 8.39. The van der Waals surface area contributed by atoms with Gasteiger partial charge in [-0.2, -0.15) is 0 Å². The number of halogens is 2. The van der Waals surface area contributed by atoms with Crippen LogP contribution < -0.4 is 0 Å². The lowest BCUT2D eigenvalue weighted by molar-refractivity contribution is 0.626. The first kappa shape index (κ1) is 19.1. The smallest absolute Gasteiger partial charge is 0.123 e. The minimum atomic E-state index is -0.229. The third-order valence-corrected chi connectivity index (χ3v) is 5.10. The normalized spacial score (nSPS) is 11.9. The van der Waals surface area contributed by atoms with Crippen LogP contribution in [0.15, 0.2) is 77.9 Å². The molecule has 1 N–H and O–H groups in total. The lowest BCUT2D eigenvalue weighted by atomic mass is 10.0. The van der Waals surface area contributed by atoms with Gasteiger partial charge in [0.1, 0.15) is 11.6 Å². The molecule has 0 saturated carbocycles. The monoisotopic (exact) mass is 388 g/mol. The molecule has 1 aromatic heterocycles. The number of nitrogens with one attached hydrogen (secondary N) is 1. The van der Waals surface area contributed by atoms with Crippen LogP contribution >= 0.6 is 0 Å². The Morgan fingerprint density at radius 1 is 0.897 bits per heavy atom. The van der Waals surface area contributed by atoms with E-state index in [4.69, 9.17) is 4.99 Å². The Kier molecular flexibility index (Phi) is 5.52. The van der Waals surface area contributed by atoms with E-state index < -0.39 is 0 Å². The van der Waals surface area contributed by atoms with Gasteiger partial charge in [-0.3, -0.25) is 4.99 Å². The molecule has 0 bridgehead atoms. The zero-order valence-electron chi connectivity index (χ0n) is 16.3. The second-order valence-electron chi connectivity index (χ2n) is 7.23. The van der Waals surface area contributed by atoms with E-state index in [-0.39, 0.29) is 11.6 Å². The number of H-pyrrole nitrogens is 1. The lowest BCUT2D eigenvalue weighted by Gasteiger charge is -2.06. The van der Waals surface area contributed by atoms with Crippen LogP contribution in [0.5, 0.6) is 0 Å². The Morgan fingerprint density at radius 3 is 2.48 bits per heavy atom. The van der Waals surface area contributed by atoms with Crippen molar-refractivity contribution in [2.75, 3.05) is 6.54 Å². The molecule has 2 nitrogen and oxygen atoms in total. The molecule has 0 saturated heterocycles. The molecule has 0 aliphatic rings. The third-order valence-electron chi connectivity index (χ3n) is 5.10. The van der Waals surface area contributed by atoms with Gasteiger partial charge in [-0.25, -0.2) is 8.78 Å². The number of hydrogen-bond acceptors (Lipinski definition) is 1. The summed E-state index contributed by atoms with van der Waals surface area (Å²) in [7, 11) is 0. The number of rotatable bonds is 6. The van der Waals surface area contributed by atoms with Crippen LogP contribution in [0, 0.1) is 11.6 Å². The van der Waals surface area contributed by atoms with Crippen molar-refractivity contribution >= 4 is 16.6 Å². The topological polar surface area (TPSA) is 28.1 Å². The van der Waals surface area contributed by atoms with Crippen LogP contribution in [0.2, 0.25) is 0 Å². The Bertz CT molecular complexity index is 1170. The molecule has 0 fully saturated rings. The highest BCUT2D eigenvalue weighted by molar-refractivity contribution is 5.98. The molecule has 4 aromatic rings. The van der Waals surface area contributed by atoms with Gasteiger partial charge >= 0.3 is 0 Å². The summed E-state index contributed by atoms with van der Waals surface area (Å²) < 4.78 is 26.9. The summed E-state index contributed by atoms with van der Waals surface area (Å²) in [4.78, 5) is 7.89.